The van der Waals surface area contributed by atoms with Crippen molar-refractivity contribution >= 4 is 39.0 Å². The number of hydrogen-bond donors (Lipinski definition) is 2. The van der Waals surface area contributed by atoms with E-state index in [9.17, 15) is 8.42 Å². The van der Waals surface area contributed by atoms with Crippen molar-refractivity contribution in [2.24, 2.45) is 0 Å². The number of H-pyrrole nitrogens is 1. The fourth-order valence-electron chi connectivity index (χ4n) is 1.20. The molecule has 0 amide bonds. The summed E-state index contributed by atoms with van der Waals surface area (Å²) in [6.07, 6.45) is 1.43. The van der Waals surface area contributed by atoms with Crippen LogP contribution in [-0.4, -0.2) is 18.6 Å². The van der Waals surface area contributed by atoms with E-state index in [1.165, 1.54) is 30.5 Å². The van der Waals surface area contributed by atoms with E-state index in [2.05, 4.69) is 14.9 Å². The van der Waals surface area contributed by atoms with Gasteiger partial charge in [-0.2, -0.15) is 5.10 Å². The highest BCUT2D eigenvalue weighted by Gasteiger charge is 2.16. The Balaban J connectivity index is 2.38. The molecule has 17 heavy (non-hydrogen) atoms. The molecule has 0 aliphatic carbocycles. The van der Waals surface area contributed by atoms with Crippen molar-refractivity contribution in [2.75, 3.05) is 4.72 Å². The molecule has 0 saturated heterocycles. The SMILES string of the molecule is O=S(=O)(Nc1ccn[nH]1)c1cc(Cl)cc(Cl)c1. The van der Waals surface area contributed by atoms with Crippen LogP contribution in [0.15, 0.2) is 35.4 Å². The minimum atomic E-state index is -3.72. The molecule has 8 heteroatoms. The average molecular weight is 292 g/mol. The summed E-state index contributed by atoms with van der Waals surface area (Å²) in [5.41, 5.74) is 0. The van der Waals surface area contributed by atoms with Gasteiger partial charge in [0.05, 0.1) is 11.1 Å². The molecular formula is C9H7Cl2N3O2S. The van der Waals surface area contributed by atoms with Crippen LogP contribution in [0.1, 0.15) is 0 Å². The third kappa shape index (κ3) is 2.91. The number of rotatable bonds is 3. The highest BCUT2D eigenvalue weighted by atomic mass is 35.5. The van der Waals surface area contributed by atoms with Gasteiger partial charge in [-0.25, -0.2) is 8.42 Å². The first-order chi connectivity index (χ1) is 7.97. The lowest BCUT2D eigenvalue weighted by Gasteiger charge is -2.06. The normalized spacial score (nSPS) is 11.4. The number of nitrogens with zero attached hydrogens (tertiary/aromatic N) is 1. The van der Waals surface area contributed by atoms with Crippen molar-refractivity contribution in [3.05, 3.63) is 40.5 Å². The molecule has 0 atom stereocenters. The van der Waals surface area contributed by atoms with Gasteiger partial charge in [0.2, 0.25) is 0 Å². The van der Waals surface area contributed by atoms with Crippen molar-refractivity contribution in [1.82, 2.24) is 10.2 Å². The van der Waals surface area contributed by atoms with Gasteiger partial charge < -0.3 is 0 Å². The van der Waals surface area contributed by atoms with Gasteiger partial charge in [0, 0.05) is 16.1 Å². The summed E-state index contributed by atoms with van der Waals surface area (Å²) in [6, 6.07) is 5.57. The lowest BCUT2D eigenvalue weighted by Crippen LogP contribution is -2.13. The second kappa shape index (κ2) is 4.56. The van der Waals surface area contributed by atoms with Gasteiger partial charge in [-0.05, 0) is 18.2 Å². The van der Waals surface area contributed by atoms with E-state index in [1.54, 1.807) is 0 Å². The van der Waals surface area contributed by atoms with Crippen molar-refractivity contribution in [3.8, 4) is 0 Å². The van der Waals surface area contributed by atoms with Gasteiger partial charge in [0.25, 0.3) is 10.0 Å². The predicted octanol–water partition coefficient (Wildman–Crippen LogP) is 2.52. The highest BCUT2D eigenvalue weighted by Crippen LogP contribution is 2.23. The Bertz CT molecular complexity index is 605. The third-order valence-electron chi connectivity index (χ3n) is 1.89. The van der Waals surface area contributed by atoms with Gasteiger partial charge in [-0.1, -0.05) is 23.2 Å². The summed E-state index contributed by atoms with van der Waals surface area (Å²) in [5.74, 6) is 0.265. The number of halogens is 2. The zero-order valence-corrected chi connectivity index (χ0v) is 10.6. The molecule has 2 aromatic rings. The molecule has 2 N–H and O–H groups in total. The number of benzene rings is 1. The van der Waals surface area contributed by atoms with Crippen molar-refractivity contribution < 1.29 is 8.42 Å². The second-order valence-electron chi connectivity index (χ2n) is 3.18. The smallest absolute Gasteiger partial charge is 0.263 e. The first-order valence-corrected chi connectivity index (χ1v) is 6.69. The Morgan fingerprint density at radius 3 is 2.35 bits per heavy atom. The van der Waals surface area contributed by atoms with E-state index in [-0.39, 0.29) is 20.8 Å². The zero-order valence-electron chi connectivity index (χ0n) is 8.31. The number of nitrogens with one attached hydrogen (secondary N) is 2. The minimum Gasteiger partial charge on any atom is -0.264 e. The molecule has 1 heterocycles. The molecule has 1 aromatic heterocycles. The molecule has 0 spiro atoms. The third-order valence-corrected chi connectivity index (χ3v) is 3.67. The largest absolute Gasteiger partial charge is 0.264 e. The number of aromatic amines is 1. The lowest BCUT2D eigenvalue weighted by atomic mass is 10.4. The molecule has 2 rings (SSSR count). The maximum atomic E-state index is 11.9. The molecule has 0 unspecified atom stereocenters. The number of aromatic nitrogens is 2. The Morgan fingerprint density at radius 1 is 1.18 bits per heavy atom. The molecule has 0 bridgehead atoms. The molecule has 1 aromatic carbocycles. The summed E-state index contributed by atoms with van der Waals surface area (Å²) in [7, 11) is -3.72. The second-order valence-corrected chi connectivity index (χ2v) is 5.74. The molecule has 0 aliphatic rings. The summed E-state index contributed by atoms with van der Waals surface area (Å²) in [5, 5.41) is 6.62. The maximum absolute atomic E-state index is 11.9. The molecule has 5 nitrogen and oxygen atoms in total. The molecule has 0 radical (unpaired) electrons. The fraction of sp³-hybridized carbons (Fsp3) is 0. The summed E-state index contributed by atoms with van der Waals surface area (Å²) < 4.78 is 26.2. The Morgan fingerprint density at radius 2 is 1.82 bits per heavy atom. The lowest BCUT2D eigenvalue weighted by molar-refractivity contribution is 0.601. The molecule has 90 valence electrons. The first-order valence-electron chi connectivity index (χ1n) is 4.46. The van der Waals surface area contributed by atoms with Gasteiger partial charge in [0.15, 0.2) is 0 Å². The van der Waals surface area contributed by atoms with E-state index in [0.29, 0.717) is 0 Å². The Hall–Kier alpha value is -1.24. The van der Waals surface area contributed by atoms with E-state index in [0.717, 1.165) is 0 Å². The van der Waals surface area contributed by atoms with Crippen LogP contribution in [0, 0.1) is 0 Å². The summed E-state index contributed by atoms with van der Waals surface area (Å²) >= 11 is 11.5. The fourth-order valence-corrected chi connectivity index (χ4v) is 2.94. The molecule has 0 fully saturated rings. The zero-order chi connectivity index (χ0) is 12.5. The average Bonchev–Trinajstić information content (AvgIpc) is 2.68. The van der Waals surface area contributed by atoms with E-state index >= 15 is 0 Å². The summed E-state index contributed by atoms with van der Waals surface area (Å²) in [6.45, 7) is 0. The summed E-state index contributed by atoms with van der Waals surface area (Å²) in [4.78, 5) is -0.00963. The van der Waals surface area contributed by atoms with Gasteiger partial charge >= 0.3 is 0 Å². The van der Waals surface area contributed by atoms with Crippen LogP contribution in [-0.2, 0) is 10.0 Å². The highest BCUT2D eigenvalue weighted by molar-refractivity contribution is 7.92. The van der Waals surface area contributed by atoms with E-state index in [1.807, 2.05) is 0 Å². The van der Waals surface area contributed by atoms with Crippen LogP contribution in [0.4, 0.5) is 5.82 Å². The van der Waals surface area contributed by atoms with E-state index in [4.69, 9.17) is 23.2 Å². The van der Waals surface area contributed by atoms with Crippen LogP contribution in [0.5, 0.6) is 0 Å². The monoisotopic (exact) mass is 291 g/mol. The van der Waals surface area contributed by atoms with Gasteiger partial charge in [0.1, 0.15) is 5.82 Å². The van der Waals surface area contributed by atoms with Gasteiger partial charge in [-0.15, -0.1) is 0 Å². The standard InChI is InChI=1S/C9H7Cl2N3O2S/c10-6-3-7(11)5-8(4-6)17(15,16)14-9-1-2-12-13-9/h1-5H,(H2,12,13,14). The van der Waals surface area contributed by atoms with Crippen LogP contribution in [0.3, 0.4) is 0 Å². The maximum Gasteiger partial charge on any atom is 0.263 e. The van der Waals surface area contributed by atoms with Crippen LogP contribution in [0.25, 0.3) is 0 Å². The van der Waals surface area contributed by atoms with Crippen LogP contribution < -0.4 is 4.72 Å². The quantitative estimate of drug-likeness (QED) is 0.912. The first kappa shape index (κ1) is 12.2. The Labute approximate surface area is 108 Å². The Kier molecular flexibility index (Phi) is 3.28. The minimum absolute atomic E-state index is 0.00963. The predicted molar refractivity (Wildman–Crippen MR) is 65.9 cm³/mol. The topological polar surface area (TPSA) is 74.8 Å². The molecule has 0 aliphatic heterocycles. The number of sulfonamides is 1. The number of hydrogen-bond acceptors (Lipinski definition) is 3. The van der Waals surface area contributed by atoms with Crippen LogP contribution >= 0.6 is 23.2 Å². The molecular weight excluding hydrogens is 285 g/mol. The number of anilines is 1. The van der Waals surface area contributed by atoms with Crippen molar-refractivity contribution in [1.29, 1.82) is 0 Å². The van der Waals surface area contributed by atoms with E-state index < -0.39 is 10.0 Å². The van der Waals surface area contributed by atoms with Crippen molar-refractivity contribution in [3.63, 3.8) is 0 Å². The van der Waals surface area contributed by atoms with Crippen molar-refractivity contribution in [2.45, 2.75) is 4.90 Å². The van der Waals surface area contributed by atoms with Gasteiger partial charge in [-0.3, -0.25) is 9.82 Å². The van der Waals surface area contributed by atoms with Crippen LogP contribution in [0.2, 0.25) is 10.0 Å². The molecule has 0 saturated carbocycles.